The van der Waals surface area contributed by atoms with Gasteiger partial charge in [0.25, 0.3) is 11.2 Å². The molecule has 0 radical (unpaired) electrons. The van der Waals surface area contributed by atoms with E-state index in [1.807, 2.05) is 0 Å². The summed E-state index contributed by atoms with van der Waals surface area (Å²) >= 11 is 0. The number of nitrogens with one attached hydrogen (secondary N) is 2. The number of carbonyl (C=O) groups is 1. The molecule has 38 heavy (non-hydrogen) atoms. The third-order valence-electron chi connectivity index (χ3n) is 6.99. The molecule has 1 aliphatic carbocycles. The maximum atomic E-state index is 14.2. The van der Waals surface area contributed by atoms with Gasteiger partial charge in [-0.1, -0.05) is 12.1 Å². The molecule has 2 aromatic carbocycles. The molecular formula is C25H27FN4O7S. The normalized spacial score (nSPS) is 18.7. The van der Waals surface area contributed by atoms with Crippen molar-refractivity contribution < 1.29 is 27.6 Å². The van der Waals surface area contributed by atoms with Gasteiger partial charge in [-0.3, -0.25) is 14.9 Å². The van der Waals surface area contributed by atoms with Gasteiger partial charge in [-0.05, 0) is 68.4 Å². The van der Waals surface area contributed by atoms with Crippen molar-refractivity contribution in [2.75, 3.05) is 0 Å². The Hall–Kier alpha value is -3.84. The second-order valence-electron chi connectivity index (χ2n) is 9.45. The van der Waals surface area contributed by atoms with Gasteiger partial charge in [-0.2, -0.15) is 0 Å². The van der Waals surface area contributed by atoms with Crippen molar-refractivity contribution >= 4 is 32.7 Å². The molecule has 1 heterocycles. The molecule has 1 amide bonds. The number of hydrogen-bond acceptors (Lipinski definition) is 6. The number of amides is 1. The minimum atomic E-state index is -4.41. The van der Waals surface area contributed by atoms with E-state index in [1.54, 1.807) is 13.0 Å². The van der Waals surface area contributed by atoms with Gasteiger partial charge in [0.15, 0.2) is 4.90 Å². The molecule has 0 spiro atoms. The van der Waals surface area contributed by atoms with Gasteiger partial charge in [0.05, 0.1) is 10.4 Å². The first kappa shape index (κ1) is 27.2. The highest BCUT2D eigenvalue weighted by molar-refractivity contribution is 7.89. The molecule has 3 N–H and O–H groups in total. The van der Waals surface area contributed by atoms with E-state index >= 15 is 0 Å². The molecule has 4 rings (SSSR count). The number of para-hydroxylation sites is 1. The van der Waals surface area contributed by atoms with Crippen molar-refractivity contribution in [1.29, 1.82) is 0 Å². The molecule has 11 nitrogen and oxygen atoms in total. The van der Waals surface area contributed by atoms with Crippen molar-refractivity contribution in [2.24, 2.45) is 5.92 Å². The second-order valence-corrected chi connectivity index (χ2v) is 11.1. The Labute approximate surface area is 217 Å². The summed E-state index contributed by atoms with van der Waals surface area (Å²) in [5.74, 6) is -0.884. The van der Waals surface area contributed by atoms with Crippen LogP contribution in [0.1, 0.15) is 31.2 Å². The summed E-state index contributed by atoms with van der Waals surface area (Å²) in [6, 6.07) is 9.19. The van der Waals surface area contributed by atoms with Gasteiger partial charge in [0, 0.05) is 36.1 Å². The lowest BCUT2D eigenvalue weighted by atomic mass is 9.81. The Kier molecular flexibility index (Phi) is 7.78. The summed E-state index contributed by atoms with van der Waals surface area (Å²) in [5, 5.41) is 23.6. The minimum absolute atomic E-state index is 0.152. The standard InChI is InChI=1S/C25H27FN4O7S/c1-15-12-24(31)29(22-13-17(26)8-11-19(15)22)14-20(16-6-9-18(10-7-16)27-25(32)33)28-38(36,37)23-5-3-2-4-21(23)30(34)35/h2-5,8,11-13,16,18,20,27-28H,6-7,9-10,14H2,1H3,(H,32,33). The molecule has 1 fully saturated rings. The average Bonchev–Trinajstić information content (AvgIpc) is 2.85. The first-order valence-corrected chi connectivity index (χ1v) is 13.5. The summed E-state index contributed by atoms with van der Waals surface area (Å²) in [4.78, 5) is 34.3. The van der Waals surface area contributed by atoms with Crippen molar-refractivity contribution in [3.05, 3.63) is 80.4 Å². The van der Waals surface area contributed by atoms with Crippen LogP contribution in [0, 0.1) is 28.8 Å². The molecule has 3 aromatic rings. The summed E-state index contributed by atoms with van der Waals surface area (Å²) in [6.07, 6.45) is 0.600. The Morgan fingerprint density at radius 3 is 2.53 bits per heavy atom. The minimum Gasteiger partial charge on any atom is -0.465 e. The highest BCUT2D eigenvalue weighted by Gasteiger charge is 2.34. The number of nitro groups is 1. The van der Waals surface area contributed by atoms with Crippen LogP contribution in [0.3, 0.4) is 0 Å². The molecule has 0 aliphatic heterocycles. The highest BCUT2D eigenvalue weighted by atomic mass is 32.2. The quantitative estimate of drug-likeness (QED) is 0.288. The van der Waals surface area contributed by atoms with Crippen LogP contribution in [-0.4, -0.2) is 41.2 Å². The Morgan fingerprint density at radius 2 is 1.87 bits per heavy atom. The zero-order valence-corrected chi connectivity index (χ0v) is 21.3. The van der Waals surface area contributed by atoms with E-state index < -0.39 is 49.0 Å². The maximum Gasteiger partial charge on any atom is 0.404 e. The van der Waals surface area contributed by atoms with Crippen LogP contribution in [0.2, 0.25) is 0 Å². The Morgan fingerprint density at radius 1 is 1.18 bits per heavy atom. The van der Waals surface area contributed by atoms with E-state index in [0.29, 0.717) is 42.1 Å². The fourth-order valence-corrected chi connectivity index (χ4v) is 6.60. The zero-order valence-electron chi connectivity index (χ0n) is 20.5. The molecule has 1 atom stereocenters. The van der Waals surface area contributed by atoms with Crippen LogP contribution in [0.25, 0.3) is 10.9 Å². The van der Waals surface area contributed by atoms with Crippen molar-refractivity contribution in [1.82, 2.24) is 14.6 Å². The van der Waals surface area contributed by atoms with Crippen molar-refractivity contribution in [3.63, 3.8) is 0 Å². The zero-order chi connectivity index (χ0) is 27.6. The third kappa shape index (κ3) is 5.83. The van der Waals surface area contributed by atoms with Gasteiger partial charge in [0.2, 0.25) is 10.0 Å². The number of halogens is 1. The largest absolute Gasteiger partial charge is 0.465 e. The molecule has 1 unspecified atom stereocenters. The van der Waals surface area contributed by atoms with E-state index in [0.717, 1.165) is 12.1 Å². The molecule has 0 saturated heterocycles. The second kappa shape index (κ2) is 10.9. The number of aryl methyl sites for hydroxylation is 1. The number of aromatic nitrogens is 1. The predicted octanol–water partition coefficient (Wildman–Crippen LogP) is 3.53. The smallest absolute Gasteiger partial charge is 0.404 e. The first-order valence-electron chi connectivity index (χ1n) is 12.0. The highest BCUT2D eigenvalue weighted by Crippen LogP contribution is 2.31. The molecule has 1 aliphatic rings. The fraction of sp³-hybridized carbons (Fsp3) is 0.360. The van der Waals surface area contributed by atoms with E-state index in [1.165, 1.54) is 34.9 Å². The SMILES string of the molecule is Cc1cc(=O)n(CC(NS(=O)(=O)c2ccccc2[N+](=O)[O-])C2CCC(NC(=O)O)CC2)c2cc(F)ccc12. The molecule has 13 heteroatoms. The lowest BCUT2D eigenvalue weighted by Crippen LogP contribution is -2.47. The predicted molar refractivity (Wildman–Crippen MR) is 137 cm³/mol. The van der Waals surface area contributed by atoms with E-state index in [4.69, 9.17) is 5.11 Å². The summed E-state index contributed by atoms with van der Waals surface area (Å²) in [5.41, 5.74) is -0.102. The monoisotopic (exact) mass is 546 g/mol. The van der Waals surface area contributed by atoms with Crippen LogP contribution in [0.4, 0.5) is 14.9 Å². The summed E-state index contributed by atoms with van der Waals surface area (Å²) in [6.45, 7) is 1.57. The number of fused-ring (bicyclic) bond motifs is 1. The number of nitrogens with zero attached hydrogens (tertiary/aromatic N) is 2. The van der Waals surface area contributed by atoms with Gasteiger partial charge < -0.3 is 15.0 Å². The average molecular weight is 547 g/mol. The molecule has 1 saturated carbocycles. The van der Waals surface area contributed by atoms with Gasteiger partial charge in [-0.15, -0.1) is 0 Å². The van der Waals surface area contributed by atoms with Crippen molar-refractivity contribution in [2.45, 2.75) is 56.1 Å². The Bertz CT molecular complexity index is 1550. The molecule has 202 valence electrons. The van der Waals surface area contributed by atoms with Crippen LogP contribution in [-0.2, 0) is 16.6 Å². The lowest BCUT2D eigenvalue weighted by molar-refractivity contribution is -0.387. The fourth-order valence-electron chi connectivity index (χ4n) is 5.13. The van der Waals surface area contributed by atoms with E-state index in [-0.39, 0.29) is 18.5 Å². The molecular weight excluding hydrogens is 519 g/mol. The van der Waals surface area contributed by atoms with E-state index in [2.05, 4.69) is 10.0 Å². The topological polar surface area (TPSA) is 161 Å². The number of benzene rings is 2. The van der Waals surface area contributed by atoms with Crippen molar-refractivity contribution in [3.8, 4) is 0 Å². The van der Waals surface area contributed by atoms with Crippen LogP contribution >= 0.6 is 0 Å². The van der Waals surface area contributed by atoms with Crippen LogP contribution < -0.4 is 15.6 Å². The third-order valence-corrected chi connectivity index (χ3v) is 8.52. The number of hydrogen-bond donors (Lipinski definition) is 3. The lowest BCUT2D eigenvalue weighted by Gasteiger charge is -2.34. The maximum absolute atomic E-state index is 14.2. The number of nitro benzene ring substituents is 1. The number of carboxylic acid groups (broad SMARTS) is 1. The van der Waals surface area contributed by atoms with Crippen LogP contribution in [0.15, 0.2) is 58.2 Å². The molecule has 0 bridgehead atoms. The van der Waals surface area contributed by atoms with Gasteiger partial charge in [0.1, 0.15) is 5.82 Å². The van der Waals surface area contributed by atoms with Gasteiger partial charge >= 0.3 is 6.09 Å². The molecule has 1 aromatic heterocycles. The Balaban J connectivity index is 1.74. The summed E-state index contributed by atoms with van der Waals surface area (Å²) in [7, 11) is -4.41. The first-order chi connectivity index (χ1) is 18.0. The van der Waals surface area contributed by atoms with Crippen LogP contribution in [0.5, 0.6) is 0 Å². The number of pyridine rings is 1. The van der Waals surface area contributed by atoms with Gasteiger partial charge in [-0.25, -0.2) is 22.3 Å². The van der Waals surface area contributed by atoms with E-state index in [9.17, 15) is 32.5 Å². The summed E-state index contributed by atoms with van der Waals surface area (Å²) < 4.78 is 44.9. The number of rotatable bonds is 8. The number of sulfonamides is 1.